The third kappa shape index (κ3) is 2.36. The number of rotatable bonds is 5. The summed E-state index contributed by atoms with van der Waals surface area (Å²) in [5.74, 6) is -0.873. The number of aryl methyl sites for hydroxylation is 2. The zero-order valence-electron chi connectivity index (χ0n) is 11.4. The van der Waals surface area contributed by atoms with Crippen molar-refractivity contribution in [3.05, 3.63) is 35.0 Å². The van der Waals surface area contributed by atoms with Gasteiger partial charge in [0, 0.05) is 24.7 Å². The van der Waals surface area contributed by atoms with E-state index in [-0.39, 0.29) is 0 Å². The van der Waals surface area contributed by atoms with Crippen molar-refractivity contribution < 1.29 is 9.90 Å². The zero-order chi connectivity index (χ0) is 14.0. The number of nitrogens with two attached hydrogens (primary N) is 1. The summed E-state index contributed by atoms with van der Waals surface area (Å²) in [5, 5.41) is 10.5. The van der Waals surface area contributed by atoms with Gasteiger partial charge in [0.05, 0.1) is 11.1 Å². The molecule has 0 amide bonds. The highest BCUT2D eigenvalue weighted by Crippen LogP contribution is 2.28. The van der Waals surface area contributed by atoms with E-state index in [9.17, 15) is 9.90 Å². The first-order valence-electron chi connectivity index (χ1n) is 6.64. The van der Waals surface area contributed by atoms with E-state index < -0.39 is 5.97 Å². The van der Waals surface area contributed by atoms with Crippen LogP contribution >= 0.6 is 0 Å². The Morgan fingerprint density at radius 2 is 2.16 bits per heavy atom. The van der Waals surface area contributed by atoms with Gasteiger partial charge < -0.3 is 15.4 Å². The summed E-state index contributed by atoms with van der Waals surface area (Å²) in [4.78, 5) is 11.5. The maximum absolute atomic E-state index is 11.5. The summed E-state index contributed by atoms with van der Waals surface area (Å²) < 4.78 is 1.98. The largest absolute Gasteiger partial charge is 0.478 e. The van der Waals surface area contributed by atoms with Crippen LogP contribution in [0.4, 0.5) is 0 Å². The Kier molecular flexibility index (Phi) is 3.90. The Labute approximate surface area is 112 Å². The molecule has 0 bridgehead atoms. The first-order valence-corrected chi connectivity index (χ1v) is 6.64. The van der Waals surface area contributed by atoms with Crippen molar-refractivity contribution in [2.75, 3.05) is 6.54 Å². The number of nitrogens with zero attached hydrogens (tertiary/aromatic N) is 1. The van der Waals surface area contributed by atoms with Crippen molar-refractivity contribution in [1.82, 2.24) is 4.57 Å². The lowest BCUT2D eigenvalue weighted by Crippen LogP contribution is -2.11. The molecule has 0 saturated heterocycles. The van der Waals surface area contributed by atoms with Gasteiger partial charge in [-0.2, -0.15) is 0 Å². The lowest BCUT2D eigenvalue weighted by atomic mass is 10.0. The van der Waals surface area contributed by atoms with E-state index in [0.717, 1.165) is 29.3 Å². The van der Waals surface area contributed by atoms with Gasteiger partial charge in [-0.15, -0.1) is 0 Å². The van der Waals surface area contributed by atoms with Gasteiger partial charge in [0.15, 0.2) is 0 Å². The second kappa shape index (κ2) is 5.45. The van der Waals surface area contributed by atoms with Gasteiger partial charge in [0.1, 0.15) is 0 Å². The Hall–Kier alpha value is -1.81. The Balaban J connectivity index is 2.78. The number of aromatic nitrogens is 1. The highest BCUT2D eigenvalue weighted by molar-refractivity contribution is 6.04. The fourth-order valence-electron chi connectivity index (χ4n) is 2.63. The van der Waals surface area contributed by atoms with Crippen LogP contribution in [0.1, 0.15) is 34.8 Å². The fourth-order valence-corrected chi connectivity index (χ4v) is 2.63. The molecule has 0 unspecified atom stereocenters. The molecule has 0 spiro atoms. The number of carbonyl (C=O) groups is 1. The van der Waals surface area contributed by atoms with Gasteiger partial charge in [-0.1, -0.05) is 25.5 Å². The van der Waals surface area contributed by atoms with Crippen LogP contribution in [0.25, 0.3) is 10.9 Å². The van der Waals surface area contributed by atoms with Crippen LogP contribution in [-0.4, -0.2) is 22.2 Å². The fraction of sp³-hybridized carbons (Fsp3) is 0.400. The normalized spacial score (nSPS) is 11.1. The molecule has 0 aliphatic rings. The molecule has 0 aliphatic carbocycles. The quantitative estimate of drug-likeness (QED) is 0.868. The van der Waals surface area contributed by atoms with E-state index in [2.05, 4.69) is 6.92 Å². The average molecular weight is 260 g/mol. The van der Waals surface area contributed by atoms with Crippen LogP contribution in [0.5, 0.6) is 0 Å². The molecule has 19 heavy (non-hydrogen) atoms. The van der Waals surface area contributed by atoms with Crippen molar-refractivity contribution in [3.8, 4) is 0 Å². The minimum absolute atomic E-state index is 0.397. The first-order chi connectivity index (χ1) is 9.10. The molecular formula is C15H20N2O2. The second-order valence-corrected chi connectivity index (χ2v) is 4.85. The lowest BCUT2D eigenvalue weighted by Gasteiger charge is -2.08. The van der Waals surface area contributed by atoms with Crippen molar-refractivity contribution in [2.24, 2.45) is 5.73 Å². The van der Waals surface area contributed by atoms with E-state index in [1.165, 1.54) is 5.56 Å². The van der Waals surface area contributed by atoms with E-state index in [0.29, 0.717) is 18.7 Å². The molecule has 0 saturated carbocycles. The monoisotopic (exact) mass is 260 g/mol. The summed E-state index contributed by atoms with van der Waals surface area (Å²) in [6.07, 6.45) is 4.04. The third-order valence-electron chi connectivity index (χ3n) is 3.43. The Morgan fingerprint density at radius 3 is 2.74 bits per heavy atom. The van der Waals surface area contributed by atoms with E-state index >= 15 is 0 Å². The second-order valence-electron chi connectivity index (χ2n) is 4.85. The topological polar surface area (TPSA) is 68.2 Å². The Bertz CT molecular complexity index is 614. The Morgan fingerprint density at radius 1 is 1.42 bits per heavy atom. The first kappa shape index (κ1) is 13.6. The summed E-state index contributed by atoms with van der Waals surface area (Å²) in [6, 6.07) is 3.91. The van der Waals surface area contributed by atoms with Crippen LogP contribution in [0.2, 0.25) is 0 Å². The molecule has 3 N–H and O–H groups in total. The van der Waals surface area contributed by atoms with Crippen molar-refractivity contribution in [1.29, 1.82) is 0 Å². The van der Waals surface area contributed by atoms with Gasteiger partial charge in [-0.3, -0.25) is 0 Å². The van der Waals surface area contributed by atoms with Gasteiger partial charge in [-0.05, 0) is 24.5 Å². The van der Waals surface area contributed by atoms with Gasteiger partial charge in [-0.25, -0.2) is 4.79 Å². The maximum Gasteiger partial charge on any atom is 0.338 e. The van der Waals surface area contributed by atoms with E-state index in [1.54, 1.807) is 0 Å². The predicted molar refractivity (Wildman–Crippen MR) is 76.7 cm³/mol. The minimum atomic E-state index is -0.873. The molecule has 1 aromatic heterocycles. The molecule has 4 nitrogen and oxygen atoms in total. The van der Waals surface area contributed by atoms with Crippen molar-refractivity contribution in [3.63, 3.8) is 0 Å². The van der Waals surface area contributed by atoms with Crippen LogP contribution < -0.4 is 5.73 Å². The van der Waals surface area contributed by atoms with Crippen LogP contribution in [0.15, 0.2) is 18.3 Å². The van der Waals surface area contributed by atoms with Crippen LogP contribution in [-0.2, 0) is 13.0 Å². The smallest absolute Gasteiger partial charge is 0.338 e. The number of carboxylic acid groups (broad SMARTS) is 1. The van der Waals surface area contributed by atoms with E-state index in [1.807, 2.05) is 29.8 Å². The molecular weight excluding hydrogens is 240 g/mol. The molecule has 0 fully saturated rings. The number of benzene rings is 1. The minimum Gasteiger partial charge on any atom is -0.478 e. The van der Waals surface area contributed by atoms with Crippen LogP contribution in [0.3, 0.4) is 0 Å². The van der Waals surface area contributed by atoms with Crippen molar-refractivity contribution >= 4 is 16.9 Å². The van der Waals surface area contributed by atoms with Crippen molar-refractivity contribution in [2.45, 2.75) is 33.2 Å². The van der Waals surface area contributed by atoms with Gasteiger partial charge in [0.25, 0.3) is 0 Å². The summed E-state index contributed by atoms with van der Waals surface area (Å²) >= 11 is 0. The molecule has 0 atom stereocenters. The average Bonchev–Trinajstić information content (AvgIpc) is 2.68. The molecule has 0 radical (unpaired) electrons. The van der Waals surface area contributed by atoms with Crippen LogP contribution in [0, 0.1) is 6.92 Å². The highest BCUT2D eigenvalue weighted by atomic mass is 16.4. The highest BCUT2D eigenvalue weighted by Gasteiger charge is 2.18. The molecule has 2 aromatic rings. The maximum atomic E-state index is 11.5. The number of hydrogen-bond acceptors (Lipinski definition) is 2. The molecule has 4 heteroatoms. The number of carboxylic acids is 1. The predicted octanol–water partition coefficient (Wildman–Crippen LogP) is 2.56. The number of hydrogen-bond donors (Lipinski definition) is 2. The summed E-state index contributed by atoms with van der Waals surface area (Å²) in [7, 11) is 0. The lowest BCUT2D eigenvalue weighted by molar-refractivity contribution is 0.0698. The SMILES string of the molecule is CCCc1cn(CCN)c2c(C(=O)O)c(C)ccc12. The standard InChI is InChI=1S/C15H20N2O2/c1-3-4-11-9-17(8-7-16)14-12(11)6-5-10(2)13(14)15(18)19/h5-6,9H,3-4,7-8,16H2,1-2H3,(H,18,19). The summed E-state index contributed by atoms with van der Waals surface area (Å²) in [6.45, 7) is 5.10. The molecule has 1 heterocycles. The van der Waals surface area contributed by atoms with Gasteiger partial charge >= 0.3 is 5.97 Å². The molecule has 0 aliphatic heterocycles. The number of fused-ring (bicyclic) bond motifs is 1. The van der Waals surface area contributed by atoms with Gasteiger partial charge in [0.2, 0.25) is 0 Å². The zero-order valence-corrected chi connectivity index (χ0v) is 11.4. The third-order valence-corrected chi connectivity index (χ3v) is 3.43. The number of aromatic carboxylic acids is 1. The van der Waals surface area contributed by atoms with E-state index in [4.69, 9.17) is 5.73 Å². The summed E-state index contributed by atoms with van der Waals surface area (Å²) in [5.41, 5.74) is 8.83. The molecule has 102 valence electrons. The molecule has 1 aromatic carbocycles. The molecule has 2 rings (SSSR count).